The molecular weight excluding hydrogens is 631 g/mol. The lowest BCUT2D eigenvalue weighted by Crippen LogP contribution is -2.54. The maximum absolute atomic E-state index is 14.1. The van der Waals surface area contributed by atoms with Crippen LogP contribution in [0.4, 0.5) is 11.4 Å². The highest BCUT2D eigenvalue weighted by Crippen LogP contribution is 2.30. The van der Waals surface area contributed by atoms with Gasteiger partial charge in [-0.25, -0.2) is 8.42 Å². The lowest BCUT2D eigenvalue weighted by atomic mass is 10.1. The van der Waals surface area contributed by atoms with Crippen molar-refractivity contribution in [3.05, 3.63) is 92.0 Å². The maximum Gasteiger partial charge on any atom is 0.273 e. The Balaban J connectivity index is 2.12. The fraction of sp³-hybridized carbons (Fsp3) is 0.333. The summed E-state index contributed by atoms with van der Waals surface area (Å²) in [6.45, 7) is 7.51. The van der Waals surface area contributed by atoms with E-state index in [-0.39, 0.29) is 27.7 Å². The molecule has 0 saturated carbocycles. The number of aryl methyl sites for hydroxylation is 1. The Morgan fingerprint density at radius 2 is 1.68 bits per heavy atom. The predicted molar refractivity (Wildman–Crippen MR) is 170 cm³/mol. The van der Waals surface area contributed by atoms with Gasteiger partial charge in [-0.05, 0) is 82.6 Å². The summed E-state index contributed by atoms with van der Waals surface area (Å²) in [5, 5.41) is 15.1. The monoisotopic (exact) mass is 664 g/mol. The molecular formula is C30H34Cl2N4O7S. The van der Waals surface area contributed by atoms with Crippen molar-refractivity contribution in [3.63, 3.8) is 0 Å². The zero-order valence-corrected chi connectivity index (χ0v) is 27.5. The fourth-order valence-corrected chi connectivity index (χ4v) is 6.14. The molecule has 2 amide bonds. The van der Waals surface area contributed by atoms with Crippen LogP contribution in [-0.2, 0) is 26.2 Å². The lowest BCUT2D eigenvalue weighted by Gasteiger charge is -2.33. The number of rotatable bonds is 11. The average Bonchev–Trinajstić information content (AvgIpc) is 2.94. The molecule has 1 N–H and O–H groups in total. The smallest absolute Gasteiger partial charge is 0.273 e. The number of sulfonamides is 1. The standard InChI is InChI=1S/C30H34Cl2N4O7S/c1-19-7-14-25(16-27(19)36(39)40)44(41,42)35(23-10-12-24(43-6)13-11-23)18-28(37)34(20(2)29(38)33-30(3,4)5)17-21-8-9-22(31)15-26(21)32/h7-16,20H,17-18H2,1-6H3,(H,33,38)/t20-/m1/s1. The first-order valence-corrected chi connectivity index (χ1v) is 15.6. The molecule has 0 saturated heterocycles. The first-order chi connectivity index (χ1) is 20.4. The van der Waals surface area contributed by atoms with E-state index < -0.39 is 50.6 Å². The second-order valence-corrected chi connectivity index (χ2v) is 13.8. The van der Waals surface area contributed by atoms with Gasteiger partial charge in [-0.15, -0.1) is 0 Å². The number of nitro benzene ring substituents is 1. The topological polar surface area (TPSA) is 139 Å². The molecule has 0 heterocycles. The van der Waals surface area contributed by atoms with E-state index in [4.69, 9.17) is 27.9 Å². The largest absolute Gasteiger partial charge is 0.497 e. The van der Waals surface area contributed by atoms with E-state index in [0.717, 1.165) is 10.4 Å². The van der Waals surface area contributed by atoms with Crippen LogP contribution in [0.5, 0.6) is 5.75 Å². The summed E-state index contributed by atoms with van der Waals surface area (Å²) >= 11 is 12.5. The Hall–Kier alpha value is -3.87. The minimum atomic E-state index is -4.54. The van der Waals surface area contributed by atoms with Crippen molar-refractivity contribution in [1.29, 1.82) is 0 Å². The zero-order chi connectivity index (χ0) is 33.0. The Morgan fingerprint density at radius 3 is 2.23 bits per heavy atom. The molecule has 44 heavy (non-hydrogen) atoms. The molecule has 14 heteroatoms. The van der Waals surface area contributed by atoms with Gasteiger partial charge in [-0.3, -0.25) is 24.0 Å². The van der Waals surface area contributed by atoms with Gasteiger partial charge in [0.1, 0.15) is 18.3 Å². The van der Waals surface area contributed by atoms with Gasteiger partial charge in [0.25, 0.3) is 15.7 Å². The van der Waals surface area contributed by atoms with Crippen LogP contribution in [0.25, 0.3) is 0 Å². The summed E-state index contributed by atoms with van der Waals surface area (Å²) < 4.78 is 34.2. The van der Waals surface area contributed by atoms with Gasteiger partial charge in [0.15, 0.2) is 0 Å². The molecule has 0 aromatic heterocycles. The zero-order valence-electron chi connectivity index (χ0n) is 25.1. The summed E-state index contributed by atoms with van der Waals surface area (Å²) in [4.78, 5) is 39.1. The molecule has 0 aliphatic carbocycles. The molecule has 0 aliphatic heterocycles. The first-order valence-electron chi connectivity index (χ1n) is 13.4. The molecule has 236 valence electrons. The number of ether oxygens (including phenoxy) is 1. The minimum Gasteiger partial charge on any atom is -0.497 e. The third kappa shape index (κ3) is 8.40. The van der Waals surface area contributed by atoms with Crippen molar-refractivity contribution in [2.24, 2.45) is 0 Å². The molecule has 0 aliphatic rings. The summed E-state index contributed by atoms with van der Waals surface area (Å²) in [6.07, 6.45) is 0. The summed E-state index contributed by atoms with van der Waals surface area (Å²) in [6, 6.07) is 13.1. The number of carbonyl (C=O) groups is 2. The van der Waals surface area contributed by atoms with E-state index in [2.05, 4.69) is 5.32 Å². The molecule has 0 spiro atoms. The van der Waals surface area contributed by atoms with Crippen molar-refractivity contribution in [1.82, 2.24) is 10.2 Å². The van der Waals surface area contributed by atoms with Gasteiger partial charge in [0.05, 0.1) is 22.6 Å². The van der Waals surface area contributed by atoms with Crippen molar-refractivity contribution >= 4 is 56.4 Å². The maximum atomic E-state index is 14.1. The van der Waals surface area contributed by atoms with Crippen LogP contribution in [0, 0.1) is 17.0 Å². The van der Waals surface area contributed by atoms with Crippen molar-refractivity contribution < 1.29 is 27.7 Å². The highest BCUT2D eigenvalue weighted by molar-refractivity contribution is 7.92. The average molecular weight is 666 g/mol. The molecule has 3 rings (SSSR count). The number of nitro groups is 1. The Labute approximate surface area is 266 Å². The molecule has 1 atom stereocenters. The van der Waals surface area contributed by atoms with Crippen molar-refractivity contribution in [3.8, 4) is 5.75 Å². The number of halogens is 2. The van der Waals surface area contributed by atoms with E-state index in [1.54, 1.807) is 32.9 Å². The molecule has 0 unspecified atom stereocenters. The van der Waals surface area contributed by atoms with E-state index in [0.29, 0.717) is 16.3 Å². The number of benzene rings is 3. The summed E-state index contributed by atoms with van der Waals surface area (Å²) in [5.41, 5.74) is -0.160. The second-order valence-electron chi connectivity index (χ2n) is 11.1. The number of anilines is 1. The van der Waals surface area contributed by atoms with Crippen molar-refractivity contribution in [2.75, 3.05) is 18.0 Å². The lowest BCUT2D eigenvalue weighted by molar-refractivity contribution is -0.385. The number of nitrogens with one attached hydrogen (secondary N) is 1. The van der Waals surface area contributed by atoms with Crippen LogP contribution in [-0.4, -0.2) is 55.3 Å². The molecule has 0 bridgehead atoms. The van der Waals surface area contributed by atoms with E-state index >= 15 is 0 Å². The third-order valence-corrected chi connectivity index (χ3v) is 8.98. The molecule has 3 aromatic carbocycles. The van der Waals surface area contributed by atoms with Crippen molar-refractivity contribution in [2.45, 2.75) is 57.6 Å². The van der Waals surface area contributed by atoms with Crippen LogP contribution in [0.3, 0.4) is 0 Å². The Morgan fingerprint density at radius 1 is 1.05 bits per heavy atom. The van der Waals surface area contributed by atoms with Gasteiger partial charge in [0.2, 0.25) is 11.8 Å². The van der Waals surface area contributed by atoms with Crippen LogP contribution >= 0.6 is 23.2 Å². The predicted octanol–water partition coefficient (Wildman–Crippen LogP) is 5.75. The SMILES string of the molecule is COc1ccc(N(CC(=O)N(Cc2ccc(Cl)cc2Cl)[C@H](C)C(=O)NC(C)(C)C)S(=O)(=O)c2ccc(C)c([N+](=O)[O-])c2)cc1. The van der Waals surface area contributed by atoms with Crippen LogP contribution < -0.4 is 14.4 Å². The Bertz CT molecular complexity index is 1660. The van der Waals surface area contributed by atoms with Gasteiger partial charge < -0.3 is 15.0 Å². The molecule has 3 aromatic rings. The normalized spacial score (nSPS) is 12.3. The minimum absolute atomic E-state index is 0.0960. The fourth-order valence-electron chi connectivity index (χ4n) is 4.24. The highest BCUT2D eigenvalue weighted by Gasteiger charge is 2.34. The quantitative estimate of drug-likeness (QED) is 0.203. The molecule has 11 nitrogen and oxygen atoms in total. The Kier molecular flexibility index (Phi) is 10.9. The van der Waals surface area contributed by atoms with Crippen LogP contribution in [0.15, 0.2) is 65.6 Å². The number of hydrogen-bond donors (Lipinski definition) is 1. The van der Waals surface area contributed by atoms with Gasteiger partial charge >= 0.3 is 0 Å². The summed E-state index contributed by atoms with van der Waals surface area (Å²) in [7, 11) is -3.09. The number of hydrogen-bond acceptors (Lipinski definition) is 7. The molecule has 0 radical (unpaired) electrons. The first kappa shape index (κ1) is 34.6. The van der Waals surface area contributed by atoms with Crippen LogP contribution in [0.1, 0.15) is 38.8 Å². The van der Waals surface area contributed by atoms with Gasteiger partial charge in [-0.1, -0.05) is 35.3 Å². The number of carbonyl (C=O) groups excluding carboxylic acids is 2. The summed E-state index contributed by atoms with van der Waals surface area (Å²) in [5.74, 6) is -0.757. The molecule has 0 fully saturated rings. The van der Waals surface area contributed by atoms with Crippen LogP contribution in [0.2, 0.25) is 10.0 Å². The number of nitrogens with zero attached hydrogens (tertiary/aromatic N) is 3. The number of methoxy groups -OCH3 is 1. The second kappa shape index (κ2) is 13.8. The highest BCUT2D eigenvalue weighted by atomic mass is 35.5. The van der Waals surface area contributed by atoms with E-state index in [9.17, 15) is 28.1 Å². The van der Waals surface area contributed by atoms with E-state index in [1.165, 1.54) is 68.3 Å². The number of amides is 2. The third-order valence-electron chi connectivity index (χ3n) is 6.63. The van der Waals surface area contributed by atoms with Gasteiger partial charge in [0, 0.05) is 33.8 Å². The van der Waals surface area contributed by atoms with Gasteiger partial charge in [-0.2, -0.15) is 0 Å². The van der Waals surface area contributed by atoms with E-state index in [1.807, 2.05) is 0 Å².